The molecule has 2 nitrogen and oxygen atoms in total. The second-order valence-corrected chi connectivity index (χ2v) is 4.12. The van der Waals surface area contributed by atoms with Crippen molar-refractivity contribution >= 4 is 0 Å². The molecule has 0 aliphatic carbocycles. The van der Waals surface area contributed by atoms with Crippen molar-refractivity contribution < 1.29 is 4.74 Å². The van der Waals surface area contributed by atoms with Crippen molar-refractivity contribution in [3.63, 3.8) is 0 Å². The van der Waals surface area contributed by atoms with Crippen LogP contribution in [0.4, 0.5) is 0 Å². The molecule has 2 heteroatoms. The van der Waals surface area contributed by atoms with E-state index in [1.54, 1.807) is 0 Å². The maximum Gasteiger partial charge on any atom is 0.0598 e. The summed E-state index contributed by atoms with van der Waals surface area (Å²) in [5, 5.41) is 0. The van der Waals surface area contributed by atoms with E-state index in [1.807, 2.05) is 0 Å². The number of hydrogen-bond acceptors (Lipinski definition) is 2. The summed E-state index contributed by atoms with van der Waals surface area (Å²) in [5.74, 6) is 0. The molecule has 0 atom stereocenters. The highest BCUT2D eigenvalue weighted by atomic mass is 16.5. The molecule has 0 unspecified atom stereocenters. The molecule has 0 spiro atoms. The quantitative estimate of drug-likeness (QED) is 0.579. The van der Waals surface area contributed by atoms with Crippen molar-refractivity contribution in [3.05, 3.63) is 0 Å². The fraction of sp³-hybridized carbons (Fsp3) is 1.00. The van der Waals surface area contributed by atoms with Gasteiger partial charge in [-0.15, -0.1) is 0 Å². The Morgan fingerprint density at radius 2 is 1.73 bits per heavy atom. The fourth-order valence-electron chi connectivity index (χ4n) is 0.759. The Balaban J connectivity index is 3.15. The van der Waals surface area contributed by atoms with Gasteiger partial charge in [0.25, 0.3) is 0 Å². The molecule has 0 N–H and O–H groups in total. The van der Waals surface area contributed by atoms with Crippen LogP contribution >= 0.6 is 0 Å². The molecule has 0 saturated heterocycles. The molecule has 0 heterocycles. The van der Waals surface area contributed by atoms with Crippen molar-refractivity contribution in [2.45, 2.75) is 32.8 Å². The van der Waals surface area contributed by atoms with Crippen LogP contribution in [0.15, 0.2) is 0 Å². The van der Waals surface area contributed by atoms with Gasteiger partial charge in [0.1, 0.15) is 0 Å². The second-order valence-electron chi connectivity index (χ2n) is 4.12. The predicted octanol–water partition coefficient (Wildman–Crippen LogP) is 1.75. The largest absolute Gasteiger partial charge is 0.376 e. The van der Waals surface area contributed by atoms with Crippen LogP contribution in [0.25, 0.3) is 0 Å². The van der Waals surface area contributed by atoms with Crippen molar-refractivity contribution in [2.24, 2.45) is 0 Å². The Labute approximate surface area is 70.5 Å². The molecule has 0 fully saturated rings. The molecular weight excluding hydrogens is 138 g/mol. The lowest BCUT2D eigenvalue weighted by molar-refractivity contribution is -0.00577. The zero-order valence-electron chi connectivity index (χ0n) is 8.48. The van der Waals surface area contributed by atoms with E-state index in [1.165, 1.54) is 0 Å². The summed E-state index contributed by atoms with van der Waals surface area (Å²) in [6, 6.07) is 0. The standard InChI is InChI=1S/C9H21NO/c1-9(2,3)11-8-6-7-10(4)5/h6-8H2,1-5H3. The van der Waals surface area contributed by atoms with Gasteiger partial charge in [0.05, 0.1) is 5.60 Å². The van der Waals surface area contributed by atoms with Crippen molar-refractivity contribution in [2.75, 3.05) is 27.2 Å². The van der Waals surface area contributed by atoms with Crippen LogP contribution in [0, 0.1) is 0 Å². The zero-order valence-corrected chi connectivity index (χ0v) is 8.48. The Bertz CT molecular complexity index is 94.2. The first kappa shape index (κ1) is 10.9. The third kappa shape index (κ3) is 9.92. The summed E-state index contributed by atoms with van der Waals surface area (Å²) in [7, 11) is 4.16. The van der Waals surface area contributed by atoms with Crippen LogP contribution in [0.2, 0.25) is 0 Å². The molecule has 68 valence electrons. The lowest BCUT2D eigenvalue weighted by Crippen LogP contribution is -2.22. The maximum atomic E-state index is 5.55. The number of ether oxygens (including phenoxy) is 1. The highest BCUT2D eigenvalue weighted by Gasteiger charge is 2.08. The van der Waals surface area contributed by atoms with E-state index in [0.29, 0.717) is 0 Å². The van der Waals surface area contributed by atoms with Gasteiger partial charge in [-0.05, 0) is 47.8 Å². The molecule has 0 aromatic carbocycles. The van der Waals surface area contributed by atoms with Crippen molar-refractivity contribution in [1.82, 2.24) is 4.90 Å². The first-order chi connectivity index (χ1) is 4.92. The Morgan fingerprint density at radius 3 is 2.09 bits per heavy atom. The molecule has 0 radical (unpaired) electrons. The van der Waals surface area contributed by atoms with Gasteiger partial charge in [-0.1, -0.05) is 0 Å². The van der Waals surface area contributed by atoms with E-state index >= 15 is 0 Å². The fourth-order valence-corrected chi connectivity index (χ4v) is 0.759. The summed E-state index contributed by atoms with van der Waals surface area (Å²) in [5.41, 5.74) is 0.0202. The van der Waals surface area contributed by atoms with Gasteiger partial charge < -0.3 is 9.64 Å². The predicted molar refractivity (Wildman–Crippen MR) is 48.9 cm³/mol. The van der Waals surface area contributed by atoms with E-state index < -0.39 is 0 Å². The highest BCUT2D eigenvalue weighted by molar-refractivity contribution is 4.58. The first-order valence-corrected chi connectivity index (χ1v) is 4.20. The Morgan fingerprint density at radius 1 is 1.18 bits per heavy atom. The van der Waals surface area contributed by atoms with Crippen LogP contribution in [0.5, 0.6) is 0 Å². The summed E-state index contributed by atoms with van der Waals surface area (Å²) < 4.78 is 5.55. The third-order valence-electron chi connectivity index (χ3n) is 1.28. The van der Waals surface area contributed by atoms with Crippen LogP contribution in [-0.4, -0.2) is 37.7 Å². The molecule has 0 aliphatic heterocycles. The molecule has 0 saturated carbocycles. The molecular formula is C9H21NO. The average Bonchev–Trinajstić information content (AvgIpc) is 1.78. The minimum atomic E-state index is 0.0202. The summed E-state index contributed by atoms with van der Waals surface area (Å²) in [6.07, 6.45) is 1.12. The van der Waals surface area contributed by atoms with E-state index in [4.69, 9.17) is 4.74 Å². The maximum absolute atomic E-state index is 5.55. The van der Waals surface area contributed by atoms with Crippen LogP contribution < -0.4 is 0 Å². The topological polar surface area (TPSA) is 12.5 Å². The summed E-state index contributed by atoms with van der Waals surface area (Å²) in [6.45, 7) is 8.23. The molecule has 11 heavy (non-hydrogen) atoms. The van der Waals surface area contributed by atoms with E-state index in [2.05, 4.69) is 39.8 Å². The van der Waals surface area contributed by atoms with Gasteiger partial charge in [-0.25, -0.2) is 0 Å². The highest BCUT2D eigenvalue weighted by Crippen LogP contribution is 2.06. The number of nitrogens with zero attached hydrogens (tertiary/aromatic N) is 1. The summed E-state index contributed by atoms with van der Waals surface area (Å²) >= 11 is 0. The van der Waals surface area contributed by atoms with Gasteiger partial charge in [0.15, 0.2) is 0 Å². The lowest BCUT2D eigenvalue weighted by Gasteiger charge is -2.20. The van der Waals surface area contributed by atoms with Crippen LogP contribution in [0.1, 0.15) is 27.2 Å². The van der Waals surface area contributed by atoms with E-state index in [-0.39, 0.29) is 5.60 Å². The van der Waals surface area contributed by atoms with Crippen molar-refractivity contribution in [3.8, 4) is 0 Å². The smallest absolute Gasteiger partial charge is 0.0598 e. The van der Waals surface area contributed by atoms with Gasteiger partial charge in [0.2, 0.25) is 0 Å². The van der Waals surface area contributed by atoms with Crippen LogP contribution in [-0.2, 0) is 4.74 Å². The minimum Gasteiger partial charge on any atom is -0.376 e. The number of hydrogen-bond donors (Lipinski definition) is 0. The lowest BCUT2D eigenvalue weighted by atomic mass is 10.2. The van der Waals surface area contributed by atoms with Gasteiger partial charge in [0, 0.05) is 6.61 Å². The van der Waals surface area contributed by atoms with E-state index in [0.717, 1.165) is 19.6 Å². The normalized spacial score (nSPS) is 12.5. The molecule has 0 aromatic rings. The first-order valence-electron chi connectivity index (χ1n) is 4.20. The monoisotopic (exact) mass is 159 g/mol. The average molecular weight is 159 g/mol. The van der Waals surface area contributed by atoms with Gasteiger partial charge in [-0.2, -0.15) is 0 Å². The molecule has 0 amide bonds. The molecule has 0 aromatic heterocycles. The van der Waals surface area contributed by atoms with E-state index in [9.17, 15) is 0 Å². The minimum absolute atomic E-state index is 0.0202. The van der Waals surface area contributed by atoms with Gasteiger partial charge in [-0.3, -0.25) is 0 Å². The summed E-state index contributed by atoms with van der Waals surface area (Å²) in [4.78, 5) is 2.17. The third-order valence-corrected chi connectivity index (χ3v) is 1.28. The Hall–Kier alpha value is -0.0800. The van der Waals surface area contributed by atoms with Gasteiger partial charge >= 0.3 is 0 Å². The SMILES string of the molecule is CN(C)CCCOC(C)(C)C. The molecule has 0 rings (SSSR count). The number of rotatable bonds is 4. The Kier molecular flexibility index (Phi) is 4.69. The second kappa shape index (κ2) is 4.73. The molecule has 0 aliphatic rings. The zero-order chi connectivity index (χ0) is 8.91. The van der Waals surface area contributed by atoms with Crippen molar-refractivity contribution in [1.29, 1.82) is 0 Å². The van der Waals surface area contributed by atoms with Crippen LogP contribution in [0.3, 0.4) is 0 Å². The molecule has 0 bridgehead atoms.